The van der Waals surface area contributed by atoms with Crippen LogP contribution in [0.4, 0.5) is 13.2 Å². The van der Waals surface area contributed by atoms with Crippen molar-refractivity contribution in [1.29, 1.82) is 0 Å². The second kappa shape index (κ2) is 7.02. The summed E-state index contributed by atoms with van der Waals surface area (Å²) in [6, 6.07) is 4.06. The molecule has 0 saturated heterocycles. The van der Waals surface area contributed by atoms with Gasteiger partial charge in [-0.1, -0.05) is 6.07 Å². The van der Waals surface area contributed by atoms with Gasteiger partial charge in [-0.05, 0) is 25.5 Å². The summed E-state index contributed by atoms with van der Waals surface area (Å²) in [5.74, 6) is -0.631. The number of alkyl halides is 3. The maximum absolute atomic E-state index is 12.3. The zero-order chi connectivity index (χ0) is 15.2. The molecular formula is C13H15F3O4. The number of rotatable bonds is 6. The number of benzene rings is 1. The molecule has 0 bridgehead atoms. The van der Waals surface area contributed by atoms with E-state index in [1.807, 2.05) is 0 Å². The zero-order valence-corrected chi connectivity index (χ0v) is 11.1. The topological polar surface area (TPSA) is 44.8 Å². The summed E-state index contributed by atoms with van der Waals surface area (Å²) >= 11 is 0. The van der Waals surface area contributed by atoms with Gasteiger partial charge in [0.2, 0.25) is 0 Å². The highest BCUT2D eigenvalue weighted by Gasteiger charge is 2.32. The first-order chi connectivity index (χ1) is 9.37. The van der Waals surface area contributed by atoms with Crippen molar-refractivity contribution < 1.29 is 32.2 Å². The van der Waals surface area contributed by atoms with Crippen molar-refractivity contribution in [3.63, 3.8) is 0 Å². The molecule has 7 heteroatoms. The molecule has 0 aliphatic rings. The second-order valence-corrected chi connectivity index (χ2v) is 3.79. The molecule has 0 spiro atoms. The van der Waals surface area contributed by atoms with Crippen LogP contribution in [0.2, 0.25) is 0 Å². The number of hydrogen-bond acceptors (Lipinski definition) is 4. The van der Waals surface area contributed by atoms with Crippen LogP contribution < -0.4 is 9.47 Å². The molecule has 112 valence electrons. The van der Waals surface area contributed by atoms with Crippen LogP contribution in [-0.4, -0.2) is 26.0 Å². The molecule has 0 aliphatic carbocycles. The summed E-state index contributed by atoms with van der Waals surface area (Å²) in [7, 11) is 1.33. The van der Waals surface area contributed by atoms with Gasteiger partial charge < -0.3 is 14.2 Å². The van der Waals surface area contributed by atoms with Crippen LogP contribution >= 0.6 is 0 Å². The van der Waals surface area contributed by atoms with Gasteiger partial charge in [0.25, 0.3) is 0 Å². The molecule has 0 heterocycles. The van der Waals surface area contributed by atoms with Gasteiger partial charge in [-0.3, -0.25) is 4.79 Å². The molecule has 0 fully saturated rings. The van der Waals surface area contributed by atoms with Gasteiger partial charge >= 0.3 is 12.3 Å². The van der Waals surface area contributed by atoms with Crippen LogP contribution in [0.1, 0.15) is 18.9 Å². The Labute approximate surface area is 114 Å². The summed E-state index contributed by atoms with van der Waals surface area (Å²) in [6.45, 7) is 1.87. The van der Waals surface area contributed by atoms with Gasteiger partial charge in [0.1, 0.15) is 11.5 Å². The molecule has 0 unspecified atom stereocenters. The van der Waals surface area contributed by atoms with E-state index in [1.54, 1.807) is 6.92 Å². The Morgan fingerprint density at radius 3 is 2.45 bits per heavy atom. The minimum Gasteiger partial charge on any atom is -0.496 e. The maximum Gasteiger partial charge on any atom is 0.573 e. The van der Waals surface area contributed by atoms with E-state index < -0.39 is 12.3 Å². The fourth-order valence-corrected chi connectivity index (χ4v) is 1.66. The van der Waals surface area contributed by atoms with Crippen molar-refractivity contribution in [3.8, 4) is 11.5 Å². The third-order valence-electron chi connectivity index (χ3n) is 2.42. The summed E-state index contributed by atoms with van der Waals surface area (Å²) < 4.78 is 50.6. The van der Waals surface area contributed by atoms with E-state index in [-0.39, 0.29) is 36.5 Å². The van der Waals surface area contributed by atoms with Gasteiger partial charge in [-0.2, -0.15) is 0 Å². The monoisotopic (exact) mass is 292 g/mol. The molecule has 1 aromatic rings. The molecule has 0 radical (unpaired) electrons. The van der Waals surface area contributed by atoms with Crippen molar-refractivity contribution in [2.45, 2.75) is 26.1 Å². The van der Waals surface area contributed by atoms with Crippen molar-refractivity contribution in [1.82, 2.24) is 0 Å². The molecule has 4 nitrogen and oxygen atoms in total. The number of methoxy groups -OCH3 is 1. The van der Waals surface area contributed by atoms with Crippen LogP contribution in [0, 0.1) is 0 Å². The standard InChI is InChI=1S/C13H15F3O4/c1-3-19-12(17)8-7-9-10(18-2)5-4-6-11(9)20-13(14,15)16/h4-6H,3,7-8H2,1-2H3. The highest BCUT2D eigenvalue weighted by Crippen LogP contribution is 2.33. The molecule has 0 saturated carbocycles. The number of carbonyl (C=O) groups excluding carboxylic acids is 1. The summed E-state index contributed by atoms with van der Waals surface area (Å²) in [5.41, 5.74) is 0.181. The highest BCUT2D eigenvalue weighted by molar-refractivity contribution is 5.70. The average molecular weight is 292 g/mol. The molecule has 0 aliphatic heterocycles. The number of esters is 1. The minimum atomic E-state index is -4.80. The summed E-state index contributed by atoms with van der Waals surface area (Å²) in [4.78, 5) is 11.3. The van der Waals surface area contributed by atoms with E-state index in [0.29, 0.717) is 0 Å². The Balaban J connectivity index is 2.92. The predicted molar refractivity (Wildman–Crippen MR) is 64.6 cm³/mol. The molecule has 0 atom stereocenters. The largest absolute Gasteiger partial charge is 0.573 e. The van der Waals surface area contributed by atoms with Crippen molar-refractivity contribution >= 4 is 5.97 Å². The van der Waals surface area contributed by atoms with Gasteiger partial charge in [0.15, 0.2) is 0 Å². The third kappa shape index (κ3) is 4.99. The number of halogens is 3. The quantitative estimate of drug-likeness (QED) is 0.756. The van der Waals surface area contributed by atoms with E-state index >= 15 is 0 Å². The smallest absolute Gasteiger partial charge is 0.496 e. The molecule has 0 amide bonds. The Morgan fingerprint density at radius 1 is 1.25 bits per heavy atom. The first-order valence-electron chi connectivity index (χ1n) is 5.94. The summed E-state index contributed by atoms with van der Waals surface area (Å²) in [6.07, 6.45) is -4.82. The summed E-state index contributed by atoms with van der Waals surface area (Å²) in [5, 5.41) is 0. The number of ether oxygens (including phenoxy) is 3. The van der Waals surface area contributed by atoms with Gasteiger partial charge in [-0.15, -0.1) is 13.2 Å². The van der Waals surface area contributed by atoms with Crippen molar-refractivity contribution in [2.75, 3.05) is 13.7 Å². The molecular weight excluding hydrogens is 277 g/mol. The lowest BCUT2D eigenvalue weighted by molar-refractivity contribution is -0.274. The first-order valence-corrected chi connectivity index (χ1v) is 5.94. The van der Waals surface area contributed by atoms with Crippen molar-refractivity contribution in [3.05, 3.63) is 23.8 Å². The number of carbonyl (C=O) groups is 1. The number of hydrogen-bond donors (Lipinski definition) is 0. The zero-order valence-electron chi connectivity index (χ0n) is 11.1. The first kappa shape index (κ1) is 16.1. The molecule has 0 N–H and O–H groups in total. The van der Waals surface area contributed by atoms with E-state index in [1.165, 1.54) is 25.3 Å². The second-order valence-electron chi connectivity index (χ2n) is 3.79. The lowest BCUT2D eigenvalue weighted by Gasteiger charge is -2.15. The fraction of sp³-hybridized carbons (Fsp3) is 0.462. The van der Waals surface area contributed by atoms with E-state index in [0.717, 1.165) is 0 Å². The highest BCUT2D eigenvalue weighted by atomic mass is 19.4. The van der Waals surface area contributed by atoms with E-state index in [2.05, 4.69) is 4.74 Å². The molecule has 1 rings (SSSR count). The van der Waals surface area contributed by atoms with Crippen LogP contribution in [-0.2, 0) is 16.0 Å². The third-order valence-corrected chi connectivity index (χ3v) is 2.42. The molecule has 1 aromatic carbocycles. The predicted octanol–water partition coefficient (Wildman–Crippen LogP) is 3.09. The lowest BCUT2D eigenvalue weighted by atomic mass is 10.1. The fourth-order valence-electron chi connectivity index (χ4n) is 1.66. The van der Waals surface area contributed by atoms with Crippen LogP contribution in [0.25, 0.3) is 0 Å². The Bertz CT molecular complexity index is 457. The normalized spacial score (nSPS) is 11.1. The Kier molecular flexibility index (Phi) is 5.66. The van der Waals surface area contributed by atoms with Crippen LogP contribution in [0.3, 0.4) is 0 Å². The van der Waals surface area contributed by atoms with Gasteiger partial charge in [0.05, 0.1) is 13.7 Å². The SMILES string of the molecule is CCOC(=O)CCc1c(OC)cccc1OC(F)(F)F. The van der Waals surface area contributed by atoms with Gasteiger partial charge in [0, 0.05) is 12.0 Å². The van der Waals surface area contributed by atoms with Crippen LogP contribution in [0.5, 0.6) is 11.5 Å². The van der Waals surface area contributed by atoms with Gasteiger partial charge in [-0.25, -0.2) is 0 Å². The average Bonchev–Trinajstić information content (AvgIpc) is 2.35. The Morgan fingerprint density at radius 2 is 1.90 bits per heavy atom. The molecule has 20 heavy (non-hydrogen) atoms. The van der Waals surface area contributed by atoms with Crippen molar-refractivity contribution in [2.24, 2.45) is 0 Å². The maximum atomic E-state index is 12.3. The lowest BCUT2D eigenvalue weighted by Crippen LogP contribution is -2.18. The minimum absolute atomic E-state index is 0.0360. The van der Waals surface area contributed by atoms with E-state index in [4.69, 9.17) is 9.47 Å². The van der Waals surface area contributed by atoms with Crippen LogP contribution in [0.15, 0.2) is 18.2 Å². The Hall–Kier alpha value is -1.92. The van der Waals surface area contributed by atoms with E-state index in [9.17, 15) is 18.0 Å². The molecule has 0 aromatic heterocycles.